The smallest absolute Gasteiger partial charge is 0.258 e. The Kier molecular flexibility index (Phi) is 5.67. The quantitative estimate of drug-likeness (QED) is 0.810. The number of carbonyl (C=O) groups is 1. The molecular formula is C21H23FN2O4S. The Balaban J connectivity index is 1.54. The maximum Gasteiger partial charge on any atom is 0.258 e. The first kappa shape index (κ1) is 20.0. The molecule has 2 aromatic rings. The second-order valence-electron chi connectivity index (χ2n) is 7.34. The molecule has 8 heteroatoms. The molecule has 29 heavy (non-hydrogen) atoms. The van der Waals surface area contributed by atoms with Crippen molar-refractivity contribution in [2.75, 3.05) is 24.6 Å². The summed E-state index contributed by atoms with van der Waals surface area (Å²) < 4.78 is 46.6. The highest BCUT2D eigenvalue weighted by Crippen LogP contribution is 2.30. The topological polar surface area (TPSA) is 75.7 Å². The lowest BCUT2D eigenvalue weighted by Crippen LogP contribution is -2.36. The molecule has 0 unspecified atom stereocenters. The summed E-state index contributed by atoms with van der Waals surface area (Å²) in [6.07, 6.45) is 3.15. The van der Waals surface area contributed by atoms with Gasteiger partial charge in [0.25, 0.3) is 5.91 Å². The van der Waals surface area contributed by atoms with Crippen LogP contribution >= 0.6 is 0 Å². The molecule has 0 aromatic heterocycles. The van der Waals surface area contributed by atoms with Crippen LogP contribution in [0.25, 0.3) is 0 Å². The van der Waals surface area contributed by atoms with Crippen LogP contribution in [0.4, 0.5) is 10.1 Å². The van der Waals surface area contributed by atoms with Gasteiger partial charge in [-0.05, 0) is 73.7 Å². The van der Waals surface area contributed by atoms with Crippen LogP contribution in [0.15, 0.2) is 47.4 Å². The monoisotopic (exact) mass is 418 g/mol. The number of fused-ring (bicyclic) bond motifs is 1. The molecule has 2 aliphatic rings. The van der Waals surface area contributed by atoms with Crippen LogP contribution in [0.3, 0.4) is 0 Å². The third-order valence-electron chi connectivity index (χ3n) is 5.34. The average molecular weight is 418 g/mol. The normalized spacial score (nSPS) is 19.2. The van der Waals surface area contributed by atoms with Crippen molar-refractivity contribution in [2.45, 2.75) is 36.7 Å². The molecule has 0 aliphatic carbocycles. The van der Waals surface area contributed by atoms with Gasteiger partial charge in [-0.1, -0.05) is 0 Å². The zero-order chi connectivity index (χ0) is 20.4. The molecule has 6 nitrogen and oxygen atoms in total. The van der Waals surface area contributed by atoms with Crippen molar-refractivity contribution in [1.29, 1.82) is 0 Å². The fourth-order valence-electron chi connectivity index (χ4n) is 3.79. The number of hydrogen-bond acceptors (Lipinski definition) is 4. The third kappa shape index (κ3) is 4.34. The molecule has 2 aromatic carbocycles. The van der Waals surface area contributed by atoms with Crippen molar-refractivity contribution in [1.82, 2.24) is 4.72 Å². The Hall–Kier alpha value is -2.29. The van der Waals surface area contributed by atoms with Crippen LogP contribution in [0, 0.1) is 5.82 Å². The fraction of sp³-hybridized carbons (Fsp3) is 0.381. The lowest BCUT2D eigenvalue weighted by molar-refractivity contribution is 0.0985. The molecule has 0 radical (unpaired) electrons. The number of nitrogens with one attached hydrogen (secondary N) is 1. The van der Waals surface area contributed by atoms with E-state index in [0.717, 1.165) is 24.8 Å². The van der Waals surface area contributed by atoms with Crippen molar-refractivity contribution >= 4 is 21.6 Å². The molecule has 154 valence electrons. The summed E-state index contributed by atoms with van der Waals surface area (Å²) in [4.78, 5) is 14.7. The van der Waals surface area contributed by atoms with Crippen LogP contribution in [0.2, 0.25) is 0 Å². The molecule has 2 aliphatic heterocycles. The number of rotatable bonds is 5. The Morgan fingerprint density at radius 2 is 1.97 bits per heavy atom. The van der Waals surface area contributed by atoms with Gasteiger partial charge in [0.2, 0.25) is 10.0 Å². The number of sulfonamides is 1. The van der Waals surface area contributed by atoms with E-state index in [1.54, 1.807) is 17.0 Å². The van der Waals surface area contributed by atoms with E-state index in [-0.39, 0.29) is 23.5 Å². The minimum Gasteiger partial charge on any atom is -0.377 e. The molecule has 1 N–H and O–H groups in total. The number of ether oxygens (including phenoxy) is 1. The summed E-state index contributed by atoms with van der Waals surface area (Å²) in [6.45, 7) is 1.46. The molecule has 4 rings (SSSR count). The predicted octanol–water partition coefficient (Wildman–Crippen LogP) is 2.88. The molecule has 1 saturated heterocycles. The number of anilines is 1. The van der Waals surface area contributed by atoms with Crippen molar-refractivity contribution in [3.8, 4) is 0 Å². The van der Waals surface area contributed by atoms with Gasteiger partial charge in [0.05, 0.1) is 11.0 Å². The zero-order valence-electron chi connectivity index (χ0n) is 15.9. The minimum absolute atomic E-state index is 0.0776. The lowest BCUT2D eigenvalue weighted by atomic mass is 10.0. The van der Waals surface area contributed by atoms with E-state index in [9.17, 15) is 17.6 Å². The van der Waals surface area contributed by atoms with Crippen LogP contribution in [-0.4, -0.2) is 40.1 Å². The van der Waals surface area contributed by atoms with E-state index in [0.29, 0.717) is 30.8 Å². The van der Waals surface area contributed by atoms with E-state index in [2.05, 4.69) is 4.72 Å². The number of carbonyl (C=O) groups excluding carboxylic acids is 1. The van der Waals surface area contributed by atoms with Crippen molar-refractivity contribution in [2.24, 2.45) is 0 Å². The lowest BCUT2D eigenvalue weighted by Gasteiger charge is -2.30. The molecule has 0 bridgehead atoms. The SMILES string of the molecule is O=C(c1ccc(F)cc1)N1CCCc2cc(S(=O)(=O)NC[C@@H]3CCCO3)ccc21. The van der Waals surface area contributed by atoms with Crippen molar-refractivity contribution < 1.29 is 22.3 Å². The average Bonchev–Trinajstić information content (AvgIpc) is 3.25. The summed E-state index contributed by atoms with van der Waals surface area (Å²) in [5.74, 6) is -0.621. The van der Waals surface area contributed by atoms with E-state index >= 15 is 0 Å². The molecule has 2 heterocycles. The zero-order valence-corrected chi connectivity index (χ0v) is 16.8. The largest absolute Gasteiger partial charge is 0.377 e. The van der Waals surface area contributed by atoms with Crippen LogP contribution in [0.1, 0.15) is 35.2 Å². The van der Waals surface area contributed by atoms with E-state index in [4.69, 9.17) is 4.74 Å². The number of nitrogens with zero attached hydrogens (tertiary/aromatic N) is 1. The summed E-state index contributed by atoms with van der Waals surface area (Å²) in [5, 5.41) is 0. The van der Waals surface area contributed by atoms with Gasteiger partial charge in [0.15, 0.2) is 0 Å². The van der Waals surface area contributed by atoms with E-state index < -0.39 is 15.8 Å². The number of hydrogen-bond donors (Lipinski definition) is 1. The first-order valence-electron chi connectivity index (χ1n) is 9.76. The van der Waals surface area contributed by atoms with Gasteiger partial charge in [-0.15, -0.1) is 0 Å². The molecule has 1 amide bonds. The van der Waals surface area contributed by atoms with Gasteiger partial charge in [-0.25, -0.2) is 17.5 Å². The van der Waals surface area contributed by atoms with Crippen molar-refractivity contribution in [3.05, 3.63) is 59.4 Å². The highest BCUT2D eigenvalue weighted by molar-refractivity contribution is 7.89. The summed E-state index contributed by atoms with van der Waals surface area (Å²) in [6, 6.07) is 10.3. The molecule has 1 atom stereocenters. The summed E-state index contributed by atoms with van der Waals surface area (Å²) in [7, 11) is -3.65. The van der Waals surface area contributed by atoms with Gasteiger partial charge >= 0.3 is 0 Å². The van der Waals surface area contributed by atoms with Crippen LogP contribution in [0.5, 0.6) is 0 Å². The molecule has 0 saturated carbocycles. The van der Waals surface area contributed by atoms with Crippen LogP contribution in [-0.2, 0) is 21.2 Å². The Labute approximate surface area is 169 Å². The standard InChI is InChI=1S/C21H23FN2O4S/c22-17-7-5-15(6-8-17)21(25)24-11-1-3-16-13-19(9-10-20(16)24)29(26,27)23-14-18-4-2-12-28-18/h5-10,13,18,23H,1-4,11-12,14H2/t18-/m0/s1. The van der Waals surface area contributed by atoms with Gasteiger partial charge in [-0.3, -0.25) is 4.79 Å². The highest BCUT2D eigenvalue weighted by Gasteiger charge is 2.26. The van der Waals surface area contributed by atoms with Crippen molar-refractivity contribution in [3.63, 3.8) is 0 Å². The second-order valence-corrected chi connectivity index (χ2v) is 9.11. The minimum atomic E-state index is -3.65. The van der Waals surface area contributed by atoms with E-state index in [1.165, 1.54) is 30.3 Å². The predicted molar refractivity (Wildman–Crippen MR) is 107 cm³/mol. The third-order valence-corrected chi connectivity index (χ3v) is 6.76. The maximum atomic E-state index is 13.2. The number of amides is 1. The van der Waals surface area contributed by atoms with Crippen LogP contribution < -0.4 is 9.62 Å². The first-order chi connectivity index (χ1) is 13.9. The Morgan fingerprint density at radius 3 is 2.69 bits per heavy atom. The molecule has 0 spiro atoms. The number of halogens is 1. The number of aryl methyl sites for hydroxylation is 1. The first-order valence-corrected chi connectivity index (χ1v) is 11.2. The van der Waals surface area contributed by atoms with Gasteiger partial charge < -0.3 is 9.64 Å². The van der Waals surface area contributed by atoms with Gasteiger partial charge in [-0.2, -0.15) is 0 Å². The number of benzene rings is 2. The Bertz CT molecular complexity index is 1000. The van der Waals surface area contributed by atoms with Gasteiger partial charge in [0.1, 0.15) is 5.82 Å². The van der Waals surface area contributed by atoms with Gasteiger partial charge in [0, 0.05) is 30.9 Å². The maximum absolute atomic E-state index is 13.2. The fourth-order valence-corrected chi connectivity index (χ4v) is 4.91. The highest BCUT2D eigenvalue weighted by atomic mass is 32.2. The Morgan fingerprint density at radius 1 is 1.17 bits per heavy atom. The molecule has 1 fully saturated rings. The van der Waals surface area contributed by atoms with E-state index in [1.807, 2.05) is 0 Å². The second kappa shape index (κ2) is 8.22. The summed E-state index contributed by atoms with van der Waals surface area (Å²) >= 11 is 0. The summed E-state index contributed by atoms with van der Waals surface area (Å²) in [5.41, 5.74) is 1.91. The molecular weight excluding hydrogens is 395 g/mol.